The van der Waals surface area contributed by atoms with Crippen molar-refractivity contribution in [3.63, 3.8) is 0 Å². The highest BCUT2D eigenvalue weighted by Gasteiger charge is 2.29. The summed E-state index contributed by atoms with van der Waals surface area (Å²) in [5.41, 5.74) is 5.28. The highest BCUT2D eigenvalue weighted by Crippen LogP contribution is 2.12. The molecule has 2 aliphatic rings. The lowest BCUT2D eigenvalue weighted by Gasteiger charge is -2.35. The maximum Gasteiger partial charge on any atom is 0.317 e. The number of hydrogen-bond donors (Lipinski definition) is 10. The molecule has 2 heterocycles. The van der Waals surface area contributed by atoms with Crippen LogP contribution in [-0.4, -0.2) is 325 Å². The van der Waals surface area contributed by atoms with Crippen LogP contribution in [0.15, 0.2) is 24.3 Å². The Bertz CT molecular complexity index is 2450. The molecule has 1 aromatic carbocycles. The van der Waals surface area contributed by atoms with Crippen molar-refractivity contribution in [3.8, 4) is 11.5 Å². The molecule has 4 amide bonds. The van der Waals surface area contributed by atoms with Crippen molar-refractivity contribution in [2.45, 2.75) is 77.3 Å². The van der Waals surface area contributed by atoms with Gasteiger partial charge in [-0.3, -0.25) is 91.9 Å². The number of aryl methyl sites for hydroxylation is 1. The number of hydrogen-bond acceptors (Lipinski definition) is 19. The van der Waals surface area contributed by atoms with Crippen LogP contribution >= 0.6 is 0 Å². The number of ketones is 1. The monoisotopic (exact) mass is 1230 g/mol. The van der Waals surface area contributed by atoms with Gasteiger partial charge in [0.2, 0.25) is 23.6 Å². The van der Waals surface area contributed by atoms with Crippen molar-refractivity contribution < 1.29 is 83.4 Å². The summed E-state index contributed by atoms with van der Waals surface area (Å²) in [4.78, 5) is 152. The smallest absolute Gasteiger partial charge is 0.317 e. The van der Waals surface area contributed by atoms with Crippen molar-refractivity contribution in [1.82, 2.24) is 60.5 Å². The second-order valence-corrected chi connectivity index (χ2v) is 27.4. The molecule has 0 aliphatic carbocycles. The first-order valence-electron chi connectivity index (χ1n) is 28.9. The van der Waals surface area contributed by atoms with Crippen molar-refractivity contribution in [3.05, 3.63) is 35.4 Å². The summed E-state index contributed by atoms with van der Waals surface area (Å²) in [5.74, 6) is -6.55. The third-order valence-corrected chi connectivity index (χ3v) is 15.4. The Morgan fingerprint density at radius 2 is 0.791 bits per heavy atom. The first-order valence-corrected chi connectivity index (χ1v) is 32.4. The normalized spacial score (nSPS) is 17.9. The molecule has 2 aliphatic heterocycles. The number of Topliss-reactive ketones (excluding diaryl/α,β-unsaturated/α-hetero) is 1. The quantitative estimate of drug-likeness (QED) is 0.0214. The maximum absolute atomic E-state index is 13.9. The Morgan fingerprint density at radius 1 is 0.465 bits per heavy atom. The van der Waals surface area contributed by atoms with Gasteiger partial charge in [0.05, 0.1) is 64.4 Å². The van der Waals surface area contributed by atoms with Gasteiger partial charge in [-0.2, -0.15) is 0 Å². The molecule has 3 atom stereocenters. The zero-order chi connectivity index (χ0) is 63.9. The summed E-state index contributed by atoms with van der Waals surface area (Å²) in [6.45, 7) is 8.49. The van der Waals surface area contributed by atoms with E-state index in [1.54, 1.807) is 53.0 Å². The molecule has 3 rings (SSSR count). The topological polar surface area (TPSA) is 383 Å². The van der Waals surface area contributed by atoms with Crippen molar-refractivity contribution in [2.75, 3.05) is 164 Å². The van der Waals surface area contributed by atoms with E-state index in [2.05, 4.69) is 52.4 Å². The summed E-state index contributed by atoms with van der Waals surface area (Å²) in [6.07, 6.45) is 1.68. The van der Waals surface area contributed by atoms with Crippen molar-refractivity contribution >= 4 is 73.3 Å². The molecular weight excluding hydrogens is 1140 g/mol. The van der Waals surface area contributed by atoms with Crippen LogP contribution in [0.4, 0.5) is 0 Å². The van der Waals surface area contributed by atoms with E-state index in [9.17, 15) is 83.4 Å². The van der Waals surface area contributed by atoms with Crippen LogP contribution in [0.3, 0.4) is 0 Å². The van der Waals surface area contributed by atoms with E-state index in [-0.39, 0.29) is 150 Å². The SMILES string of the molecule is CC(C(=O)NCC(=O)NCC(NC(=O)CNC(=O)C(C)N1CCN(CC(=O)O)CCN(CC(=O)O)CCN(CC(=O)O)CC1)C(=O)CCCCc1ccc(C#C[Si](C)(C)C)cc1)N1CCN(CC(=O)O)CCN(CC(=O)O)CCN(CC(=O)O)CC1. The maximum atomic E-state index is 13.9. The number of benzene rings is 1. The van der Waals surface area contributed by atoms with E-state index in [1.165, 1.54) is 0 Å². The second kappa shape index (κ2) is 38.3. The minimum atomic E-state index is -1.57. The summed E-state index contributed by atoms with van der Waals surface area (Å²) in [5, 5.41) is 67.9. The van der Waals surface area contributed by atoms with Crippen LogP contribution < -0.4 is 21.3 Å². The van der Waals surface area contributed by atoms with Gasteiger partial charge in [0, 0.05) is 123 Å². The number of amides is 4. The molecule has 0 bridgehead atoms. The lowest BCUT2D eigenvalue weighted by molar-refractivity contribution is -0.141. The number of aliphatic carboxylic acids is 6. The van der Waals surface area contributed by atoms with Gasteiger partial charge in [0.1, 0.15) is 14.1 Å². The molecule has 10 N–H and O–H groups in total. The first-order chi connectivity index (χ1) is 40.5. The molecule has 2 fully saturated rings. The van der Waals surface area contributed by atoms with Crippen molar-refractivity contribution in [1.29, 1.82) is 0 Å². The Kier molecular flexibility index (Phi) is 32.6. The van der Waals surface area contributed by atoms with E-state index in [4.69, 9.17) is 0 Å². The van der Waals surface area contributed by atoms with Gasteiger partial charge in [-0.25, -0.2) is 0 Å². The second-order valence-electron chi connectivity index (χ2n) is 22.7. The van der Waals surface area contributed by atoms with E-state index in [0.717, 1.165) is 11.1 Å². The average Bonchev–Trinajstić information content (AvgIpc) is 3.54. The lowest BCUT2D eigenvalue weighted by atomic mass is 10.0. The number of nitrogens with zero attached hydrogens (tertiary/aromatic N) is 8. The zero-order valence-corrected chi connectivity index (χ0v) is 51.3. The number of carboxylic acid groups (broad SMARTS) is 6. The summed E-state index contributed by atoms with van der Waals surface area (Å²) in [6, 6.07) is 4.75. The number of nitrogens with one attached hydrogen (secondary N) is 4. The molecule has 1 aromatic rings. The Morgan fingerprint density at radius 3 is 1.12 bits per heavy atom. The summed E-state index contributed by atoms with van der Waals surface area (Å²) in [7, 11) is -1.57. The summed E-state index contributed by atoms with van der Waals surface area (Å²) < 4.78 is 0. The molecule has 0 aromatic heterocycles. The van der Waals surface area contributed by atoms with Gasteiger partial charge in [-0.15, -0.1) is 5.54 Å². The van der Waals surface area contributed by atoms with Crippen molar-refractivity contribution in [2.24, 2.45) is 0 Å². The van der Waals surface area contributed by atoms with E-state index in [1.807, 2.05) is 24.3 Å². The number of carbonyl (C=O) groups is 11. The number of rotatable bonds is 29. The van der Waals surface area contributed by atoms with Crippen LogP contribution in [0.25, 0.3) is 0 Å². The fourth-order valence-corrected chi connectivity index (χ4v) is 10.0. The fraction of sp³-hybridized carbons (Fsp3) is 0.661. The molecule has 0 spiro atoms. The molecule has 3 unspecified atom stereocenters. The van der Waals surface area contributed by atoms with Gasteiger partial charge >= 0.3 is 35.8 Å². The zero-order valence-electron chi connectivity index (χ0n) is 50.3. The van der Waals surface area contributed by atoms with Gasteiger partial charge in [-0.1, -0.05) is 37.7 Å². The van der Waals surface area contributed by atoms with E-state index >= 15 is 0 Å². The Balaban J connectivity index is 1.74. The summed E-state index contributed by atoms with van der Waals surface area (Å²) >= 11 is 0. The minimum absolute atomic E-state index is 0.00673. The predicted octanol–water partition coefficient (Wildman–Crippen LogP) is -3.24. The van der Waals surface area contributed by atoms with Gasteiger partial charge in [0.25, 0.3) is 0 Å². The average molecular weight is 1230 g/mol. The minimum Gasteiger partial charge on any atom is -0.480 e. The Labute approximate surface area is 503 Å². The molecule has 0 saturated carbocycles. The molecular formula is C56H90N12O17Si. The van der Waals surface area contributed by atoms with Gasteiger partial charge in [0.15, 0.2) is 5.78 Å². The first kappa shape index (κ1) is 73.3. The van der Waals surface area contributed by atoms with Crippen LogP contribution in [-0.2, 0) is 59.2 Å². The molecule has 2 saturated heterocycles. The third-order valence-electron chi connectivity index (χ3n) is 14.5. The molecule has 30 heteroatoms. The standard InChI is InChI=1S/C56H90N12O17Si/c1-41(67-27-23-63(37-51(76)77)19-15-61(35-49(72)73)16-20-64(24-28-67)38-52(78)79)55(84)58-33-47(70)57-32-45(46(69)9-7-6-8-43-10-12-44(13-11-43)14-31-86(3,4)5)60-48(71)34-59-56(85)42(2)68-29-25-65(39-53(80)81)21-17-62(36-50(74)75)18-22-66(26-30-68)40-54(82)83/h10-13,41-42,45H,6-9,15-30,32-40H2,1-5H3,(H,57,70)(H,58,84)(H,59,85)(H,60,71)(H,72,73)(H,74,75)(H,76,77)(H,78,79)(H,80,81)(H,82,83). The van der Waals surface area contributed by atoms with Gasteiger partial charge in [-0.05, 0) is 50.8 Å². The highest BCUT2D eigenvalue weighted by molar-refractivity contribution is 6.83. The molecule has 29 nitrogen and oxygen atoms in total. The molecule has 0 radical (unpaired) electrons. The Hall–Kier alpha value is -6.95. The van der Waals surface area contributed by atoms with Crippen LogP contribution in [0.1, 0.15) is 44.2 Å². The molecule has 86 heavy (non-hydrogen) atoms. The van der Waals surface area contributed by atoms with Crippen LogP contribution in [0, 0.1) is 11.5 Å². The number of carboxylic acids is 6. The molecule has 480 valence electrons. The lowest BCUT2D eigenvalue weighted by Crippen LogP contribution is -2.55. The van der Waals surface area contributed by atoms with Crippen LogP contribution in [0.5, 0.6) is 0 Å². The van der Waals surface area contributed by atoms with E-state index in [0.29, 0.717) is 19.3 Å². The van der Waals surface area contributed by atoms with E-state index < -0.39 is 111 Å². The largest absolute Gasteiger partial charge is 0.480 e. The fourth-order valence-electron chi connectivity index (χ4n) is 9.52. The highest BCUT2D eigenvalue weighted by atomic mass is 28.3. The van der Waals surface area contributed by atoms with Gasteiger partial charge < -0.3 is 51.9 Å². The predicted molar refractivity (Wildman–Crippen MR) is 317 cm³/mol. The number of unbranched alkanes of at least 4 members (excludes halogenated alkanes) is 1. The number of carbonyl (C=O) groups excluding carboxylic acids is 5. The third kappa shape index (κ3) is 31.4. The van der Waals surface area contributed by atoms with Crippen LogP contribution in [0.2, 0.25) is 19.6 Å².